The quantitative estimate of drug-likeness (QED) is 0.819. The van der Waals surface area contributed by atoms with Crippen molar-refractivity contribution in [1.82, 2.24) is 9.80 Å². The number of halogens is 3. The molecule has 0 bridgehead atoms. The molecule has 1 aliphatic rings. The minimum absolute atomic E-state index is 0.142. The molecule has 2 aromatic rings. The van der Waals surface area contributed by atoms with Gasteiger partial charge in [-0.3, -0.25) is 9.59 Å². The summed E-state index contributed by atoms with van der Waals surface area (Å²) in [7, 11) is 0. The molecule has 0 atom stereocenters. The van der Waals surface area contributed by atoms with E-state index in [4.69, 9.17) is 5.73 Å². The van der Waals surface area contributed by atoms with Gasteiger partial charge in [-0.2, -0.15) is 13.2 Å². The summed E-state index contributed by atoms with van der Waals surface area (Å²) in [5, 5.41) is 0. The first-order valence-corrected chi connectivity index (χ1v) is 8.37. The summed E-state index contributed by atoms with van der Waals surface area (Å²) in [6.07, 6.45) is -4.43. The van der Waals surface area contributed by atoms with Gasteiger partial charge < -0.3 is 15.5 Å². The number of alkyl halides is 3. The minimum atomic E-state index is -4.43. The fraction of sp³-hybridized carbons (Fsp3) is 0.263. The molecular formula is C19H18F3N3O2. The van der Waals surface area contributed by atoms with Gasteiger partial charge in [0.2, 0.25) is 0 Å². The molecule has 2 N–H and O–H groups in total. The van der Waals surface area contributed by atoms with Crippen LogP contribution in [-0.2, 0) is 6.18 Å². The van der Waals surface area contributed by atoms with Crippen molar-refractivity contribution in [1.29, 1.82) is 0 Å². The Balaban J connectivity index is 1.60. The van der Waals surface area contributed by atoms with E-state index in [9.17, 15) is 22.8 Å². The maximum Gasteiger partial charge on any atom is 0.416 e. The van der Waals surface area contributed by atoms with Crippen molar-refractivity contribution in [3.63, 3.8) is 0 Å². The average Bonchev–Trinajstić information content (AvgIpc) is 2.67. The predicted molar refractivity (Wildman–Crippen MR) is 94.1 cm³/mol. The van der Waals surface area contributed by atoms with Gasteiger partial charge in [0.05, 0.1) is 5.56 Å². The van der Waals surface area contributed by atoms with Gasteiger partial charge in [-0.15, -0.1) is 0 Å². The van der Waals surface area contributed by atoms with Crippen molar-refractivity contribution >= 4 is 17.5 Å². The van der Waals surface area contributed by atoms with E-state index in [0.717, 1.165) is 12.1 Å². The highest BCUT2D eigenvalue weighted by Crippen LogP contribution is 2.29. The van der Waals surface area contributed by atoms with Gasteiger partial charge in [-0.05, 0) is 48.5 Å². The molecule has 0 radical (unpaired) electrons. The summed E-state index contributed by atoms with van der Waals surface area (Å²) in [6.45, 7) is 1.35. The first-order valence-electron chi connectivity index (χ1n) is 8.37. The lowest BCUT2D eigenvalue weighted by molar-refractivity contribution is -0.137. The van der Waals surface area contributed by atoms with E-state index in [1.165, 1.54) is 17.0 Å². The smallest absolute Gasteiger partial charge is 0.399 e. The molecule has 5 nitrogen and oxygen atoms in total. The van der Waals surface area contributed by atoms with Crippen LogP contribution >= 0.6 is 0 Å². The van der Waals surface area contributed by atoms with E-state index in [0.29, 0.717) is 37.4 Å². The number of amides is 2. The Labute approximate surface area is 154 Å². The van der Waals surface area contributed by atoms with Crippen LogP contribution in [0.2, 0.25) is 0 Å². The third kappa shape index (κ3) is 4.21. The topological polar surface area (TPSA) is 66.6 Å². The monoisotopic (exact) mass is 377 g/mol. The maximum absolute atomic E-state index is 12.6. The number of hydrogen-bond donors (Lipinski definition) is 1. The van der Waals surface area contributed by atoms with Crippen molar-refractivity contribution in [3.05, 3.63) is 65.2 Å². The Hall–Kier alpha value is -3.03. The normalized spacial score (nSPS) is 14.9. The highest BCUT2D eigenvalue weighted by molar-refractivity contribution is 5.96. The molecule has 1 fully saturated rings. The lowest BCUT2D eigenvalue weighted by Crippen LogP contribution is -2.50. The van der Waals surface area contributed by atoms with E-state index < -0.39 is 11.7 Å². The van der Waals surface area contributed by atoms with Crippen molar-refractivity contribution in [2.75, 3.05) is 31.9 Å². The second-order valence-electron chi connectivity index (χ2n) is 6.28. The zero-order valence-corrected chi connectivity index (χ0v) is 14.4. The van der Waals surface area contributed by atoms with E-state index in [1.807, 2.05) is 0 Å². The molecule has 27 heavy (non-hydrogen) atoms. The van der Waals surface area contributed by atoms with Crippen molar-refractivity contribution in [2.45, 2.75) is 6.18 Å². The molecule has 0 saturated carbocycles. The number of nitrogen functional groups attached to an aromatic ring is 1. The molecule has 142 valence electrons. The number of carbonyl (C=O) groups excluding carboxylic acids is 2. The largest absolute Gasteiger partial charge is 0.416 e. The van der Waals surface area contributed by atoms with Crippen LogP contribution in [0.15, 0.2) is 48.5 Å². The maximum atomic E-state index is 12.6. The fourth-order valence-corrected chi connectivity index (χ4v) is 2.91. The summed E-state index contributed by atoms with van der Waals surface area (Å²) in [5.74, 6) is -0.486. The number of hydrogen-bond acceptors (Lipinski definition) is 3. The first kappa shape index (κ1) is 18.8. The van der Waals surface area contributed by atoms with Crippen LogP contribution in [0.3, 0.4) is 0 Å². The molecule has 2 amide bonds. The second kappa shape index (κ2) is 7.30. The molecule has 0 aromatic heterocycles. The molecule has 3 rings (SSSR count). The van der Waals surface area contributed by atoms with E-state index in [-0.39, 0.29) is 17.4 Å². The van der Waals surface area contributed by atoms with Crippen molar-refractivity contribution in [2.24, 2.45) is 0 Å². The van der Waals surface area contributed by atoms with Crippen LogP contribution in [-0.4, -0.2) is 47.8 Å². The van der Waals surface area contributed by atoms with Gasteiger partial charge in [0.1, 0.15) is 0 Å². The molecule has 0 unspecified atom stereocenters. The molecular weight excluding hydrogens is 359 g/mol. The Kier molecular flexibility index (Phi) is 5.07. The Morgan fingerprint density at radius 3 is 1.48 bits per heavy atom. The SMILES string of the molecule is Nc1ccc(C(=O)N2CCN(C(=O)c3ccc(C(F)(F)F)cc3)CC2)cc1. The van der Waals surface area contributed by atoms with Crippen LogP contribution < -0.4 is 5.73 Å². The Bertz CT molecular complexity index is 825. The molecule has 1 heterocycles. The van der Waals surface area contributed by atoms with Gasteiger partial charge >= 0.3 is 6.18 Å². The fourth-order valence-electron chi connectivity index (χ4n) is 2.91. The van der Waals surface area contributed by atoms with Gasteiger partial charge in [0.25, 0.3) is 11.8 Å². The first-order chi connectivity index (χ1) is 12.8. The third-order valence-electron chi connectivity index (χ3n) is 4.47. The summed E-state index contributed by atoms with van der Waals surface area (Å²) < 4.78 is 37.8. The third-order valence-corrected chi connectivity index (χ3v) is 4.47. The van der Waals surface area contributed by atoms with Crippen LogP contribution in [0.25, 0.3) is 0 Å². The average molecular weight is 377 g/mol. The van der Waals surface area contributed by atoms with Gasteiger partial charge in [-0.25, -0.2) is 0 Å². The Morgan fingerprint density at radius 1 is 0.741 bits per heavy atom. The van der Waals surface area contributed by atoms with E-state index in [1.54, 1.807) is 29.2 Å². The summed E-state index contributed by atoms with van der Waals surface area (Å²) >= 11 is 0. The van der Waals surface area contributed by atoms with Crippen LogP contribution in [0.5, 0.6) is 0 Å². The summed E-state index contributed by atoms with van der Waals surface area (Å²) in [5.41, 5.74) is 6.10. The van der Waals surface area contributed by atoms with Crippen molar-refractivity contribution in [3.8, 4) is 0 Å². The minimum Gasteiger partial charge on any atom is -0.399 e. The summed E-state index contributed by atoms with van der Waals surface area (Å²) in [6, 6.07) is 10.8. The molecule has 2 aromatic carbocycles. The standard InChI is InChI=1S/C19H18F3N3O2/c20-19(21,22)15-5-1-13(2-6-15)17(26)24-9-11-25(12-10-24)18(27)14-3-7-16(23)8-4-14/h1-8H,9-12,23H2. The molecule has 0 aliphatic carbocycles. The summed E-state index contributed by atoms with van der Waals surface area (Å²) in [4.78, 5) is 28.1. The highest BCUT2D eigenvalue weighted by Gasteiger charge is 2.31. The molecule has 1 saturated heterocycles. The van der Waals surface area contributed by atoms with E-state index >= 15 is 0 Å². The lowest BCUT2D eigenvalue weighted by atomic mass is 10.1. The number of piperazine rings is 1. The highest BCUT2D eigenvalue weighted by atomic mass is 19.4. The van der Waals surface area contributed by atoms with E-state index in [2.05, 4.69) is 0 Å². The lowest BCUT2D eigenvalue weighted by Gasteiger charge is -2.35. The number of carbonyl (C=O) groups is 2. The van der Waals surface area contributed by atoms with Crippen LogP contribution in [0, 0.1) is 0 Å². The number of benzene rings is 2. The number of nitrogens with two attached hydrogens (primary N) is 1. The second-order valence-corrected chi connectivity index (χ2v) is 6.28. The zero-order chi connectivity index (χ0) is 19.6. The van der Waals surface area contributed by atoms with Crippen LogP contribution in [0.1, 0.15) is 26.3 Å². The molecule has 8 heteroatoms. The van der Waals surface area contributed by atoms with Gasteiger partial charge in [0, 0.05) is 43.0 Å². The van der Waals surface area contributed by atoms with Gasteiger partial charge in [0.15, 0.2) is 0 Å². The molecule has 0 spiro atoms. The molecule has 1 aliphatic heterocycles. The van der Waals surface area contributed by atoms with Gasteiger partial charge in [-0.1, -0.05) is 0 Å². The zero-order valence-electron chi connectivity index (χ0n) is 14.4. The number of anilines is 1. The Morgan fingerprint density at radius 2 is 1.11 bits per heavy atom. The number of nitrogens with zero attached hydrogens (tertiary/aromatic N) is 2. The van der Waals surface area contributed by atoms with Crippen LogP contribution in [0.4, 0.5) is 18.9 Å². The number of rotatable bonds is 2. The predicted octanol–water partition coefficient (Wildman–Crippen LogP) is 2.89. The van der Waals surface area contributed by atoms with Crippen molar-refractivity contribution < 1.29 is 22.8 Å².